The van der Waals surface area contributed by atoms with E-state index in [4.69, 9.17) is 10.5 Å². The van der Waals surface area contributed by atoms with Crippen molar-refractivity contribution in [3.63, 3.8) is 0 Å². The first-order valence-corrected chi connectivity index (χ1v) is 6.97. The number of benzene rings is 1. The molecule has 2 aromatic rings. The Morgan fingerprint density at radius 1 is 1.19 bits per heavy atom. The van der Waals surface area contributed by atoms with Gasteiger partial charge in [-0.15, -0.1) is 0 Å². The Balaban J connectivity index is 2.34. The minimum absolute atomic E-state index is 0.143. The Bertz CT molecular complexity index is 615. The van der Waals surface area contributed by atoms with E-state index in [1.807, 2.05) is 32.3 Å². The molecule has 1 aromatic heterocycles. The van der Waals surface area contributed by atoms with Gasteiger partial charge >= 0.3 is 6.01 Å². The molecule has 0 amide bonds. The molecule has 0 bridgehead atoms. The van der Waals surface area contributed by atoms with Crippen molar-refractivity contribution in [2.45, 2.75) is 26.2 Å². The van der Waals surface area contributed by atoms with Gasteiger partial charge < -0.3 is 15.4 Å². The highest BCUT2D eigenvalue weighted by Gasteiger charge is 2.13. The molecule has 1 unspecified atom stereocenters. The number of anilines is 2. The average molecular weight is 287 g/mol. The summed E-state index contributed by atoms with van der Waals surface area (Å²) in [5, 5.41) is 0. The number of hydrogen-bond donors (Lipinski definition) is 1. The summed E-state index contributed by atoms with van der Waals surface area (Å²) in [4.78, 5) is 14.1. The summed E-state index contributed by atoms with van der Waals surface area (Å²) >= 11 is 0. The van der Waals surface area contributed by atoms with E-state index in [-0.39, 0.29) is 12.0 Å². The van der Waals surface area contributed by atoms with Crippen molar-refractivity contribution in [2.24, 2.45) is 0 Å². The maximum atomic E-state index is 5.84. The number of rotatable bonds is 5. The van der Waals surface area contributed by atoms with Crippen molar-refractivity contribution >= 4 is 11.9 Å². The maximum absolute atomic E-state index is 5.84. The van der Waals surface area contributed by atoms with Gasteiger partial charge in [0, 0.05) is 14.1 Å². The van der Waals surface area contributed by atoms with Crippen molar-refractivity contribution in [1.29, 1.82) is 0 Å². The molecule has 0 saturated heterocycles. The van der Waals surface area contributed by atoms with Crippen molar-refractivity contribution < 1.29 is 4.74 Å². The first kappa shape index (κ1) is 15.0. The number of aromatic nitrogens is 3. The molecule has 6 nitrogen and oxygen atoms in total. The standard InChI is InChI=1S/C15H21N5O/c1-5-10(2)11-8-6-7-9-12(11)21-15-18-13(16)17-14(19-15)20(3)4/h6-10H,5H2,1-4H3,(H2,16,17,18,19). The summed E-state index contributed by atoms with van der Waals surface area (Å²) in [6.07, 6.45) is 1.03. The molecule has 21 heavy (non-hydrogen) atoms. The molecule has 0 spiro atoms. The first-order valence-electron chi connectivity index (χ1n) is 6.97. The van der Waals surface area contributed by atoms with Crippen molar-refractivity contribution in [3.05, 3.63) is 29.8 Å². The topological polar surface area (TPSA) is 77.2 Å². The number of para-hydroxylation sites is 1. The number of nitrogen functional groups attached to an aromatic ring is 1. The quantitative estimate of drug-likeness (QED) is 0.911. The van der Waals surface area contributed by atoms with Gasteiger partial charge in [-0.2, -0.15) is 15.0 Å². The highest BCUT2D eigenvalue weighted by atomic mass is 16.5. The summed E-state index contributed by atoms with van der Waals surface area (Å²) in [5.74, 6) is 1.76. The van der Waals surface area contributed by atoms with Crippen LogP contribution in [0.4, 0.5) is 11.9 Å². The normalized spacial score (nSPS) is 12.0. The summed E-state index contributed by atoms with van der Waals surface area (Å²) in [5.41, 5.74) is 6.84. The van der Waals surface area contributed by atoms with E-state index in [0.29, 0.717) is 11.9 Å². The second-order valence-electron chi connectivity index (χ2n) is 5.12. The van der Waals surface area contributed by atoms with E-state index >= 15 is 0 Å². The van der Waals surface area contributed by atoms with Crippen molar-refractivity contribution in [3.8, 4) is 11.8 Å². The fraction of sp³-hybridized carbons (Fsp3) is 0.400. The van der Waals surface area contributed by atoms with E-state index in [9.17, 15) is 0 Å². The SMILES string of the molecule is CCC(C)c1ccccc1Oc1nc(N)nc(N(C)C)n1. The van der Waals surface area contributed by atoms with Gasteiger partial charge in [0.25, 0.3) is 0 Å². The molecule has 1 heterocycles. The number of hydrogen-bond acceptors (Lipinski definition) is 6. The predicted molar refractivity (Wildman–Crippen MR) is 83.8 cm³/mol. The van der Waals surface area contributed by atoms with Gasteiger partial charge in [0.1, 0.15) is 5.75 Å². The molecule has 0 radical (unpaired) electrons. The molecular weight excluding hydrogens is 266 g/mol. The summed E-state index contributed by atoms with van der Waals surface area (Å²) < 4.78 is 5.84. The molecule has 1 atom stereocenters. The maximum Gasteiger partial charge on any atom is 0.328 e. The van der Waals surface area contributed by atoms with Crippen LogP contribution in [0.5, 0.6) is 11.8 Å². The van der Waals surface area contributed by atoms with Crippen LogP contribution in [0.3, 0.4) is 0 Å². The van der Waals surface area contributed by atoms with Crippen LogP contribution >= 0.6 is 0 Å². The van der Waals surface area contributed by atoms with Gasteiger partial charge in [0.15, 0.2) is 0 Å². The molecule has 0 saturated carbocycles. The predicted octanol–water partition coefficient (Wildman–Crippen LogP) is 2.83. The summed E-state index contributed by atoms with van der Waals surface area (Å²) in [6, 6.07) is 8.11. The van der Waals surface area contributed by atoms with Crippen LogP contribution in [0.25, 0.3) is 0 Å². The zero-order chi connectivity index (χ0) is 15.4. The monoisotopic (exact) mass is 287 g/mol. The second kappa shape index (κ2) is 6.39. The average Bonchev–Trinajstić information content (AvgIpc) is 2.46. The van der Waals surface area contributed by atoms with Crippen LogP contribution in [0, 0.1) is 0 Å². The lowest BCUT2D eigenvalue weighted by Crippen LogP contribution is -2.15. The molecule has 2 rings (SSSR count). The number of nitrogens with two attached hydrogens (primary N) is 1. The molecule has 112 valence electrons. The van der Waals surface area contributed by atoms with E-state index in [2.05, 4.69) is 34.9 Å². The third-order valence-electron chi connectivity index (χ3n) is 3.28. The van der Waals surface area contributed by atoms with E-state index in [1.54, 1.807) is 4.90 Å². The van der Waals surface area contributed by atoms with E-state index in [0.717, 1.165) is 17.7 Å². The highest BCUT2D eigenvalue weighted by Crippen LogP contribution is 2.31. The Morgan fingerprint density at radius 3 is 2.57 bits per heavy atom. The van der Waals surface area contributed by atoms with E-state index < -0.39 is 0 Å². The van der Waals surface area contributed by atoms with Crippen molar-refractivity contribution in [2.75, 3.05) is 24.7 Å². The molecule has 6 heteroatoms. The molecule has 0 aliphatic heterocycles. The Hall–Kier alpha value is -2.37. The zero-order valence-corrected chi connectivity index (χ0v) is 12.9. The molecule has 0 aliphatic carbocycles. The minimum Gasteiger partial charge on any atom is -0.424 e. The molecule has 0 aliphatic rings. The van der Waals surface area contributed by atoms with Gasteiger partial charge in [-0.3, -0.25) is 0 Å². The minimum atomic E-state index is 0.143. The number of ether oxygens (including phenoxy) is 1. The Morgan fingerprint density at radius 2 is 1.90 bits per heavy atom. The summed E-state index contributed by atoms with van der Waals surface area (Å²) in [7, 11) is 3.68. The number of nitrogens with zero attached hydrogens (tertiary/aromatic N) is 4. The third-order valence-corrected chi connectivity index (χ3v) is 3.28. The lowest BCUT2D eigenvalue weighted by Gasteiger charge is -2.15. The van der Waals surface area contributed by atoms with Crippen LogP contribution < -0.4 is 15.4 Å². The smallest absolute Gasteiger partial charge is 0.328 e. The van der Waals surface area contributed by atoms with Crippen LogP contribution in [0.15, 0.2) is 24.3 Å². The largest absolute Gasteiger partial charge is 0.424 e. The molecule has 0 fully saturated rings. The lowest BCUT2D eigenvalue weighted by atomic mass is 9.98. The van der Waals surface area contributed by atoms with Gasteiger partial charge in [0.2, 0.25) is 11.9 Å². The van der Waals surface area contributed by atoms with Crippen LogP contribution in [-0.4, -0.2) is 29.0 Å². The molecule has 2 N–H and O–H groups in total. The van der Waals surface area contributed by atoms with Crippen LogP contribution in [0.2, 0.25) is 0 Å². The Kier molecular flexibility index (Phi) is 4.57. The van der Waals surface area contributed by atoms with Crippen LogP contribution in [-0.2, 0) is 0 Å². The first-order chi connectivity index (χ1) is 10.0. The fourth-order valence-electron chi connectivity index (χ4n) is 1.91. The third kappa shape index (κ3) is 3.59. The second-order valence-corrected chi connectivity index (χ2v) is 5.12. The van der Waals surface area contributed by atoms with Gasteiger partial charge in [-0.05, 0) is 24.0 Å². The van der Waals surface area contributed by atoms with Crippen molar-refractivity contribution in [1.82, 2.24) is 15.0 Å². The lowest BCUT2D eigenvalue weighted by molar-refractivity contribution is 0.431. The summed E-state index contributed by atoms with van der Waals surface area (Å²) in [6.45, 7) is 4.31. The van der Waals surface area contributed by atoms with Gasteiger partial charge in [-0.25, -0.2) is 0 Å². The van der Waals surface area contributed by atoms with Gasteiger partial charge in [-0.1, -0.05) is 32.0 Å². The highest BCUT2D eigenvalue weighted by molar-refractivity contribution is 5.39. The zero-order valence-electron chi connectivity index (χ0n) is 12.9. The Labute approximate surface area is 125 Å². The molecule has 1 aromatic carbocycles. The fourth-order valence-corrected chi connectivity index (χ4v) is 1.91. The van der Waals surface area contributed by atoms with E-state index in [1.165, 1.54) is 0 Å². The van der Waals surface area contributed by atoms with Gasteiger partial charge in [0.05, 0.1) is 0 Å². The van der Waals surface area contributed by atoms with Crippen LogP contribution in [0.1, 0.15) is 31.7 Å². The molecular formula is C15H21N5O.